The molecule has 0 bridgehead atoms. The van der Waals surface area contributed by atoms with Crippen molar-refractivity contribution in [2.45, 2.75) is 38.0 Å². The van der Waals surface area contributed by atoms with Crippen molar-refractivity contribution >= 4 is 11.1 Å². The summed E-state index contributed by atoms with van der Waals surface area (Å²) in [5.41, 5.74) is 0. The molecule has 2 nitrogen and oxygen atoms in total. The van der Waals surface area contributed by atoms with Gasteiger partial charge in [0, 0.05) is 0 Å². The van der Waals surface area contributed by atoms with Crippen molar-refractivity contribution in [1.82, 2.24) is 0 Å². The Morgan fingerprint density at radius 2 is 2.22 bits per heavy atom. The summed E-state index contributed by atoms with van der Waals surface area (Å²) in [6.45, 7) is 5.88. The lowest BCUT2D eigenvalue weighted by molar-refractivity contribution is 0.268. The van der Waals surface area contributed by atoms with E-state index in [1.54, 1.807) is 0 Å². The van der Waals surface area contributed by atoms with E-state index >= 15 is 0 Å². The zero-order valence-corrected chi connectivity index (χ0v) is 6.83. The zero-order valence-electron chi connectivity index (χ0n) is 6.01. The molecular formula is C6H12O2S. The SMILES string of the molecule is CC1CC(C)(C)S(=O)O1. The van der Waals surface area contributed by atoms with E-state index in [0.717, 1.165) is 6.42 Å². The van der Waals surface area contributed by atoms with Gasteiger partial charge in [0.25, 0.3) is 0 Å². The zero-order chi connectivity index (χ0) is 7.07. The minimum Gasteiger partial charge on any atom is -0.287 e. The first-order chi connectivity index (χ1) is 4.02. The maximum absolute atomic E-state index is 11.0. The van der Waals surface area contributed by atoms with Gasteiger partial charge in [0.15, 0.2) is 11.1 Å². The summed E-state index contributed by atoms with van der Waals surface area (Å²) in [5.74, 6) is 0. The molecule has 0 aromatic heterocycles. The van der Waals surface area contributed by atoms with Crippen LogP contribution in [0.1, 0.15) is 27.2 Å². The van der Waals surface area contributed by atoms with Crippen LogP contribution in [0.5, 0.6) is 0 Å². The van der Waals surface area contributed by atoms with Gasteiger partial charge in [-0.2, -0.15) is 0 Å². The fraction of sp³-hybridized carbons (Fsp3) is 1.00. The van der Waals surface area contributed by atoms with Crippen LogP contribution in [0.3, 0.4) is 0 Å². The quantitative estimate of drug-likeness (QED) is 0.516. The second kappa shape index (κ2) is 2.06. The first kappa shape index (κ1) is 7.22. The molecule has 0 aromatic carbocycles. The highest BCUT2D eigenvalue weighted by Gasteiger charge is 2.37. The third kappa shape index (κ3) is 1.33. The molecule has 0 amide bonds. The molecule has 1 heterocycles. The summed E-state index contributed by atoms with van der Waals surface area (Å²) in [6, 6.07) is 0. The maximum Gasteiger partial charge on any atom is 0.161 e. The highest BCUT2D eigenvalue weighted by Crippen LogP contribution is 2.29. The molecule has 0 N–H and O–H groups in total. The summed E-state index contributed by atoms with van der Waals surface area (Å²) < 4.78 is 15.9. The van der Waals surface area contributed by atoms with Gasteiger partial charge in [-0.25, -0.2) is 4.21 Å². The van der Waals surface area contributed by atoms with E-state index in [0.29, 0.717) is 0 Å². The lowest BCUT2D eigenvalue weighted by Gasteiger charge is -2.10. The van der Waals surface area contributed by atoms with Gasteiger partial charge in [-0.05, 0) is 27.2 Å². The Morgan fingerprint density at radius 1 is 1.67 bits per heavy atom. The van der Waals surface area contributed by atoms with E-state index in [1.165, 1.54) is 0 Å². The molecule has 54 valence electrons. The van der Waals surface area contributed by atoms with Crippen LogP contribution in [-0.4, -0.2) is 15.1 Å². The van der Waals surface area contributed by atoms with Gasteiger partial charge in [0.1, 0.15) is 0 Å². The average Bonchev–Trinajstić information content (AvgIpc) is 1.79. The minimum absolute atomic E-state index is 0.126. The van der Waals surface area contributed by atoms with Crippen LogP contribution in [0.4, 0.5) is 0 Å². The van der Waals surface area contributed by atoms with E-state index in [-0.39, 0.29) is 10.9 Å². The van der Waals surface area contributed by atoms with E-state index < -0.39 is 11.1 Å². The first-order valence-corrected chi connectivity index (χ1v) is 4.19. The number of hydrogen-bond acceptors (Lipinski definition) is 2. The molecule has 0 aliphatic carbocycles. The minimum atomic E-state index is -1.06. The largest absolute Gasteiger partial charge is 0.287 e. The summed E-state index contributed by atoms with van der Waals surface area (Å²) in [5, 5.41) is 0. The number of rotatable bonds is 0. The van der Waals surface area contributed by atoms with Crippen LogP contribution >= 0.6 is 0 Å². The van der Waals surface area contributed by atoms with Crippen LogP contribution in [0.2, 0.25) is 0 Å². The topological polar surface area (TPSA) is 26.3 Å². The molecular weight excluding hydrogens is 136 g/mol. The molecule has 9 heavy (non-hydrogen) atoms. The predicted octanol–water partition coefficient (Wildman–Crippen LogP) is 1.24. The average molecular weight is 148 g/mol. The smallest absolute Gasteiger partial charge is 0.161 e. The van der Waals surface area contributed by atoms with Crippen LogP contribution < -0.4 is 0 Å². The van der Waals surface area contributed by atoms with E-state index in [4.69, 9.17) is 4.18 Å². The Hall–Kier alpha value is 0.110. The molecule has 1 rings (SSSR count). The predicted molar refractivity (Wildman–Crippen MR) is 37.4 cm³/mol. The van der Waals surface area contributed by atoms with Gasteiger partial charge >= 0.3 is 0 Å². The molecule has 1 aliphatic rings. The Kier molecular flexibility index (Phi) is 1.65. The summed E-state index contributed by atoms with van der Waals surface area (Å²) in [7, 11) is 0. The van der Waals surface area contributed by atoms with Crippen molar-refractivity contribution in [3.05, 3.63) is 0 Å². The molecule has 1 fully saturated rings. The highest BCUT2D eigenvalue weighted by molar-refractivity contribution is 7.81. The maximum atomic E-state index is 11.0. The van der Waals surface area contributed by atoms with Crippen LogP contribution in [-0.2, 0) is 15.3 Å². The van der Waals surface area contributed by atoms with Gasteiger partial charge in [0.05, 0.1) is 10.9 Å². The Balaban J connectivity index is 2.70. The van der Waals surface area contributed by atoms with Crippen molar-refractivity contribution in [3.63, 3.8) is 0 Å². The lowest BCUT2D eigenvalue weighted by atomic mass is 10.1. The van der Waals surface area contributed by atoms with Crippen LogP contribution in [0.25, 0.3) is 0 Å². The van der Waals surface area contributed by atoms with Gasteiger partial charge in [-0.1, -0.05) is 0 Å². The first-order valence-electron chi connectivity index (χ1n) is 3.11. The normalized spacial score (nSPS) is 41.2. The molecule has 0 radical (unpaired) electrons. The summed E-state index contributed by atoms with van der Waals surface area (Å²) >= 11 is -1.06. The second-order valence-electron chi connectivity index (χ2n) is 3.11. The lowest BCUT2D eigenvalue weighted by Crippen LogP contribution is -2.19. The fourth-order valence-electron chi connectivity index (χ4n) is 1.07. The van der Waals surface area contributed by atoms with Crippen LogP contribution in [0, 0.1) is 0 Å². The van der Waals surface area contributed by atoms with E-state index in [1.807, 2.05) is 20.8 Å². The van der Waals surface area contributed by atoms with Gasteiger partial charge in [-0.3, -0.25) is 4.18 Å². The Labute approximate surface area is 58.3 Å². The Bertz CT molecular complexity index is 142. The van der Waals surface area contributed by atoms with Crippen molar-refractivity contribution in [2.24, 2.45) is 0 Å². The van der Waals surface area contributed by atoms with Crippen molar-refractivity contribution in [2.75, 3.05) is 0 Å². The van der Waals surface area contributed by atoms with Gasteiger partial charge in [0.2, 0.25) is 0 Å². The third-order valence-electron chi connectivity index (χ3n) is 1.48. The third-order valence-corrected chi connectivity index (χ3v) is 3.05. The van der Waals surface area contributed by atoms with Gasteiger partial charge < -0.3 is 0 Å². The molecule has 0 aromatic rings. The monoisotopic (exact) mass is 148 g/mol. The highest BCUT2D eigenvalue weighted by atomic mass is 32.2. The molecule has 1 aliphatic heterocycles. The van der Waals surface area contributed by atoms with E-state index in [2.05, 4.69) is 0 Å². The Morgan fingerprint density at radius 3 is 2.33 bits per heavy atom. The summed E-state index contributed by atoms with van der Waals surface area (Å²) in [6.07, 6.45) is 1.07. The fourth-order valence-corrected chi connectivity index (χ4v) is 2.07. The van der Waals surface area contributed by atoms with Crippen molar-refractivity contribution in [3.8, 4) is 0 Å². The molecule has 2 unspecified atom stereocenters. The summed E-state index contributed by atoms with van der Waals surface area (Å²) in [4.78, 5) is 0. The molecule has 0 saturated carbocycles. The standard InChI is InChI=1S/C6H12O2S/c1-5-4-6(2,3)9(7)8-5/h5H,4H2,1-3H3. The van der Waals surface area contributed by atoms with Gasteiger partial charge in [-0.15, -0.1) is 0 Å². The van der Waals surface area contributed by atoms with Crippen molar-refractivity contribution in [1.29, 1.82) is 0 Å². The van der Waals surface area contributed by atoms with E-state index in [9.17, 15) is 4.21 Å². The molecule has 2 atom stereocenters. The molecule has 0 spiro atoms. The van der Waals surface area contributed by atoms with Crippen LogP contribution in [0.15, 0.2) is 0 Å². The second-order valence-corrected chi connectivity index (χ2v) is 4.87. The van der Waals surface area contributed by atoms with Crippen molar-refractivity contribution < 1.29 is 8.39 Å². The number of hydrogen-bond donors (Lipinski definition) is 0. The molecule has 1 saturated heterocycles. The molecule has 3 heteroatoms.